The number of hydrogen-bond acceptors (Lipinski definition) is 5. The van der Waals surface area contributed by atoms with E-state index in [4.69, 9.17) is 5.73 Å². The van der Waals surface area contributed by atoms with Crippen molar-refractivity contribution in [2.45, 2.75) is 13.0 Å². The number of amides is 2. The maximum atomic E-state index is 11.7. The Hall–Kier alpha value is -2.57. The Labute approximate surface area is 116 Å². The van der Waals surface area contributed by atoms with Crippen molar-refractivity contribution in [1.29, 1.82) is 0 Å². The minimum atomic E-state index is -0.763. The van der Waals surface area contributed by atoms with Crippen LogP contribution in [0.15, 0.2) is 24.3 Å². The largest absolute Gasteiger partial charge is 0.467 e. The van der Waals surface area contributed by atoms with Crippen molar-refractivity contribution in [3.05, 3.63) is 29.8 Å². The monoisotopic (exact) mass is 279 g/mol. The lowest BCUT2D eigenvalue weighted by molar-refractivity contribution is -0.144. The normalized spacial score (nSPS) is 11.3. The van der Waals surface area contributed by atoms with E-state index in [2.05, 4.69) is 15.4 Å². The van der Waals surface area contributed by atoms with Crippen molar-refractivity contribution in [3.8, 4) is 0 Å². The van der Waals surface area contributed by atoms with Gasteiger partial charge in [-0.25, -0.2) is 4.79 Å². The maximum Gasteiger partial charge on any atom is 0.328 e. The minimum absolute atomic E-state index is 0.232. The molecular weight excluding hydrogens is 262 g/mol. The standard InChI is InChI=1S/C13H17N3O4/c1-8(13(19)20-2)16-11(17)7-15-12(18)9-3-5-10(14)6-4-9/h3-6,8H,7,14H2,1-2H3,(H,15,18)(H,16,17)/t8-/m0/s1. The van der Waals surface area contributed by atoms with E-state index < -0.39 is 23.8 Å². The summed E-state index contributed by atoms with van der Waals surface area (Å²) in [5.74, 6) is -1.43. The topological polar surface area (TPSA) is 111 Å². The summed E-state index contributed by atoms with van der Waals surface area (Å²) in [7, 11) is 1.23. The number of hydrogen-bond donors (Lipinski definition) is 3. The van der Waals surface area contributed by atoms with Gasteiger partial charge in [0.05, 0.1) is 13.7 Å². The van der Waals surface area contributed by atoms with E-state index >= 15 is 0 Å². The van der Waals surface area contributed by atoms with Gasteiger partial charge in [-0.1, -0.05) is 0 Å². The molecule has 0 bridgehead atoms. The van der Waals surface area contributed by atoms with E-state index in [-0.39, 0.29) is 6.54 Å². The number of esters is 1. The Morgan fingerprint density at radius 3 is 2.40 bits per heavy atom. The Morgan fingerprint density at radius 1 is 1.25 bits per heavy atom. The molecule has 108 valence electrons. The summed E-state index contributed by atoms with van der Waals surface area (Å²) < 4.78 is 4.47. The molecule has 1 rings (SSSR count). The number of nitrogens with one attached hydrogen (secondary N) is 2. The second-order valence-corrected chi connectivity index (χ2v) is 4.12. The van der Waals surface area contributed by atoms with Crippen LogP contribution in [0.4, 0.5) is 5.69 Å². The summed E-state index contributed by atoms with van der Waals surface area (Å²) in [4.78, 5) is 34.3. The van der Waals surface area contributed by atoms with Gasteiger partial charge in [0.15, 0.2) is 0 Å². The molecule has 0 saturated heterocycles. The Morgan fingerprint density at radius 2 is 1.85 bits per heavy atom. The first kappa shape index (κ1) is 15.5. The predicted molar refractivity (Wildman–Crippen MR) is 72.8 cm³/mol. The number of benzene rings is 1. The van der Waals surface area contributed by atoms with Crippen LogP contribution < -0.4 is 16.4 Å². The number of methoxy groups -OCH3 is 1. The number of nitrogen functional groups attached to an aromatic ring is 1. The van der Waals surface area contributed by atoms with Crippen molar-refractivity contribution < 1.29 is 19.1 Å². The summed E-state index contributed by atoms with van der Waals surface area (Å²) in [6.45, 7) is 1.26. The molecule has 0 aliphatic heterocycles. The lowest BCUT2D eigenvalue weighted by atomic mass is 10.2. The summed E-state index contributed by atoms with van der Waals surface area (Å²) in [6.07, 6.45) is 0. The van der Waals surface area contributed by atoms with Crippen LogP contribution in [0.3, 0.4) is 0 Å². The van der Waals surface area contributed by atoms with Gasteiger partial charge in [-0.05, 0) is 31.2 Å². The first-order valence-corrected chi connectivity index (χ1v) is 5.95. The van der Waals surface area contributed by atoms with Gasteiger partial charge in [-0.3, -0.25) is 9.59 Å². The van der Waals surface area contributed by atoms with Crippen LogP contribution in [0.5, 0.6) is 0 Å². The van der Waals surface area contributed by atoms with E-state index in [1.165, 1.54) is 14.0 Å². The van der Waals surface area contributed by atoms with Crippen LogP contribution in [-0.4, -0.2) is 37.5 Å². The van der Waals surface area contributed by atoms with Crippen LogP contribution in [0, 0.1) is 0 Å². The maximum absolute atomic E-state index is 11.7. The Balaban J connectivity index is 2.43. The van der Waals surface area contributed by atoms with Gasteiger partial charge in [-0.15, -0.1) is 0 Å². The van der Waals surface area contributed by atoms with Gasteiger partial charge >= 0.3 is 5.97 Å². The molecule has 0 saturated carbocycles. The average molecular weight is 279 g/mol. The van der Waals surface area contributed by atoms with E-state index in [1.807, 2.05) is 0 Å². The van der Waals surface area contributed by atoms with Gasteiger partial charge in [-0.2, -0.15) is 0 Å². The fraction of sp³-hybridized carbons (Fsp3) is 0.308. The molecule has 0 aliphatic carbocycles. The third-order valence-electron chi connectivity index (χ3n) is 2.51. The minimum Gasteiger partial charge on any atom is -0.467 e. The first-order chi connectivity index (χ1) is 9.43. The van der Waals surface area contributed by atoms with Crippen LogP contribution in [-0.2, 0) is 14.3 Å². The van der Waals surface area contributed by atoms with Gasteiger partial charge in [0.1, 0.15) is 6.04 Å². The summed E-state index contributed by atoms with van der Waals surface area (Å²) >= 11 is 0. The number of carbonyl (C=O) groups is 3. The molecule has 7 heteroatoms. The molecule has 2 amide bonds. The lowest BCUT2D eigenvalue weighted by Gasteiger charge is -2.12. The quantitative estimate of drug-likeness (QED) is 0.505. The molecule has 20 heavy (non-hydrogen) atoms. The Bertz CT molecular complexity index is 499. The number of anilines is 1. The molecule has 0 heterocycles. The highest BCUT2D eigenvalue weighted by molar-refractivity contribution is 5.97. The number of carbonyl (C=O) groups excluding carboxylic acids is 3. The third kappa shape index (κ3) is 4.60. The molecule has 1 atom stereocenters. The fourth-order valence-corrected chi connectivity index (χ4v) is 1.43. The van der Waals surface area contributed by atoms with Crippen LogP contribution >= 0.6 is 0 Å². The van der Waals surface area contributed by atoms with Crippen molar-refractivity contribution in [2.24, 2.45) is 0 Å². The summed E-state index contributed by atoms with van der Waals surface area (Å²) in [6, 6.07) is 5.53. The number of nitrogens with two attached hydrogens (primary N) is 1. The van der Waals surface area contributed by atoms with Crippen LogP contribution in [0.25, 0.3) is 0 Å². The van der Waals surface area contributed by atoms with Crippen molar-refractivity contribution >= 4 is 23.5 Å². The smallest absolute Gasteiger partial charge is 0.328 e. The molecule has 0 fully saturated rings. The zero-order valence-electron chi connectivity index (χ0n) is 11.3. The zero-order chi connectivity index (χ0) is 15.1. The number of rotatable bonds is 5. The first-order valence-electron chi connectivity index (χ1n) is 5.95. The van der Waals surface area contributed by atoms with Crippen LogP contribution in [0.2, 0.25) is 0 Å². The highest BCUT2D eigenvalue weighted by atomic mass is 16.5. The van der Waals surface area contributed by atoms with Crippen molar-refractivity contribution in [3.63, 3.8) is 0 Å². The van der Waals surface area contributed by atoms with Crippen molar-refractivity contribution in [2.75, 3.05) is 19.4 Å². The third-order valence-corrected chi connectivity index (χ3v) is 2.51. The second kappa shape index (κ2) is 7.13. The molecule has 0 aliphatic rings. The molecule has 4 N–H and O–H groups in total. The van der Waals surface area contributed by atoms with Crippen LogP contribution in [0.1, 0.15) is 17.3 Å². The van der Waals surface area contributed by atoms with Crippen molar-refractivity contribution in [1.82, 2.24) is 10.6 Å². The van der Waals surface area contributed by atoms with Gasteiger partial charge in [0.2, 0.25) is 5.91 Å². The Kier molecular flexibility index (Phi) is 5.52. The van der Waals surface area contributed by atoms with E-state index in [0.717, 1.165) is 0 Å². The predicted octanol–water partition coefficient (Wildman–Crippen LogP) is -0.324. The molecular formula is C13H17N3O4. The van der Waals surface area contributed by atoms with Gasteiger partial charge in [0.25, 0.3) is 5.91 Å². The highest BCUT2D eigenvalue weighted by Crippen LogP contribution is 2.04. The highest BCUT2D eigenvalue weighted by Gasteiger charge is 2.16. The van der Waals surface area contributed by atoms with Gasteiger partial charge in [0, 0.05) is 11.3 Å². The molecule has 1 aromatic carbocycles. The fourth-order valence-electron chi connectivity index (χ4n) is 1.43. The molecule has 0 spiro atoms. The molecule has 0 radical (unpaired) electrons. The molecule has 7 nitrogen and oxygen atoms in total. The van der Waals surface area contributed by atoms with Gasteiger partial charge < -0.3 is 21.1 Å². The summed E-state index contributed by atoms with van der Waals surface area (Å²) in [5.41, 5.74) is 6.45. The van der Waals surface area contributed by atoms with E-state index in [0.29, 0.717) is 11.3 Å². The molecule has 0 aromatic heterocycles. The molecule has 0 unspecified atom stereocenters. The van der Waals surface area contributed by atoms with E-state index in [9.17, 15) is 14.4 Å². The molecule has 1 aromatic rings. The second-order valence-electron chi connectivity index (χ2n) is 4.12. The average Bonchev–Trinajstić information content (AvgIpc) is 2.44. The lowest BCUT2D eigenvalue weighted by Crippen LogP contribution is -2.44. The van der Waals surface area contributed by atoms with E-state index in [1.54, 1.807) is 24.3 Å². The zero-order valence-corrected chi connectivity index (χ0v) is 11.3. The summed E-state index contributed by atoms with van der Waals surface area (Å²) in [5, 5.41) is 4.83. The SMILES string of the molecule is COC(=O)[C@H](C)NC(=O)CNC(=O)c1ccc(N)cc1. The number of ether oxygens (including phenoxy) is 1.